The molecule has 2 heterocycles. The fraction of sp³-hybridized carbons (Fsp3) is 0.267. The Morgan fingerprint density at radius 3 is 2.89 bits per heavy atom. The summed E-state index contributed by atoms with van der Waals surface area (Å²) in [4.78, 5) is 9.56. The number of nitrogens with two attached hydrogens (primary N) is 1. The van der Waals surface area contributed by atoms with Gasteiger partial charge in [-0.3, -0.25) is 0 Å². The maximum absolute atomic E-state index is 6.23. The number of aromatic nitrogens is 2. The summed E-state index contributed by atoms with van der Waals surface area (Å²) in [5.74, 6) is 0.929. The molecule has 4 rings (SSSR count). The highest BCUT2D eigenvalue weighted by molar-refractivity contribution is 7.16. The van der Waals surface area contributed by atoms with Gasteiger partial charge in [0.2, 0.25) is 0 Å². The highest BCUT2D eigenvalue weighted by Crippen LogP contribution is 2.41. The lowest BCUT2D eigenvalue weighted by atomic mass is 9.95. The summed E-state index contributed by atoms with van der Waals surface area (Å²) in [5.41, 5.74) is 10.9. The smallest absolute Gasteiger partial charge is 0.141 e. The summed E-state index contributed by atoms with van der Waals surface area (Å²) in [6.07, 6.45) is 4.85. The molecule has 0 atom stereocenters. The molecule has 0 bridgehead atoms. The van der Waals surface area contributed by atoms with Gasteiger partial charge in [-0.25, -0.2) is 4.98 Å². The van der Waals surface area contributed by atoms with Crippen molar-refractivity contribution < 1.29 is 0 Å². The van der Waals surface area contributed by atoms with Crippen LogP contribution in [0.1, 0.15) is 23.3 Å². The number of hydrogen-bond acceptors (Lipinski definition) is 3. The molecule has 3 nitrogen and oxygen atoms in total. The first-order valence-electron chi connectivity index (χ1n) is 6.68. The van der Waals surface area contributed by atoms with Crippen molar-refractivity contribution in [2.75, 3.05) is 5.73 Å². The van der Waals surface area contributed by atoms with Gasteiger partial charge in [-0.2, -0.15) is 0 Å². The van der Waals surface area contributed by atoms with Gasteiger partial charge in [-0.05, 0) is 43.4 Å². The van der Waals surface area contributed by atoms with E-state index >= 15 is 0 Å². The molecule has 1 aliphatic rings. The Labute approximate surface area is 115 Å². The Balaban J connectivity index is 1.94. The monoisotopic (exact) mass is 269 g/mol. The number of benzene rings is 1. The zero-order valence-corrected chi connectivity index (χ0v) is 11.4. The molecule has 3 aromatic rings. The molecule has 19 heavy (non-hydrogen) atoms. The van der Waals surface area contributed by atoms with Gasteiger partial charge in [0.05, 0.1) is 21.6 Å². The number of rotatable bonds is 1. The Hall–Kier alpha value is -1.81. The van der Waals surface area contributed by atoms with Crippen molar-refractivity contribution in [2.24, 2.45) is 0 Å². The molecule has 0 saturated heterocycles. The van der Waals surface area contributed by atoms with Crippen LogP contribution in [0.3, 0.4) is 0 Å². The third-order valence-corrected chi connectivity index (χ3v) is 4.95. The van der Waals surface area contributed by atoms with E-state index in [9.17, 15) is 0 Å². The molecular weight excluding hydrogens is 254 g/mol. The maximum atomic E-state index is 6.23. The van der Waals surface area contributed by atoms with Crippen LogP contribution in [0.25, 0.3) is 22.4 Å². The van der Waals surface area contributed by atoms with Crippen LogP contribution in [0.4, 0.5) is 5.00 Å². The van der Waals surface area contributed by atoms with E-state index in [1.165, 1.54) is 29.7 Å². The largest absolute Gasteiger partial charge is 0.390 e. The van der Waals surface area contributed by atoms with E-state index in [0.29, 0.717) is 0 Å². The third-order valence-electron chi connectivity index (χ3n) is 3.82. The SMILES string of the molecule is Nc1sc2c(c1-c1nc3ccccc3[nH]1)CCCC2. The van der Waals surface area contributed by atoms with E-state index in [1.54, 1.807) is 11.3 Å². The van der Waals surface area contributed by atoms with Crippen LogP contribution in [0, 0.1) is 0 Å². The minimum Gasteiger partial charge on any atom is -0.390 e. The number of H-pyrrole nitrogens is 1. The van der Waals surface area contributed by atoms with Crippen LogP contribution in [-0.4, -0.2) is 9.97 Å². The number of thiophene rings is 1. The van der Waals surface area contributed by atoms with Crippen molar-refractivity contribution in [1.82, 2.24) is 9.97 Å². The fourth-order valence-electron chi connectivity index (χ4n) is 2.92. The average molecular weight is 269 g/mol. The number of nitrogens with zero attached hydrogens (tertiary/aromatic N) is 1. The highest BCUT2D eigenvalue weighted by Gasteiger charge is 2.22. The molecule has 1 aromatic carbocycles. The second-order valence-electron chi connectivity index (χ2n) is 5.05. The Kier molecular flexibility index (Phi) is 2.38. The molecule has 96 valence electrons. The second kappa shape index (κ2) is 4.10. The molecule has 1 aliphatic carbocycles. The van der Waals surface area contributed by atoms with Gasteiger partial charge >= 0.3 is 0 Å². The van der Waals surface area contributed by atoms with Crippen molar-refractivity contribution in [1.29, 1.82) is 0 Å². The normalized spacial score (nSPS) is 14.7. The van der Waals surface area contributed by atoms with Crippen LogP contribution in [0.2, 0.25) is 0 Å². The lowest BCUT2D eigenvalue weighted by Gasteiger charge is -2.11. The number of fused-ring (bicyclic) bond motifs is 2. The van der Waals surface area contributed by atoms with E-state index in [0.717, 1.165) is 33.8 Å². The summed E-state index contributed by atoms with van der Waals surface area (Å²) in [6.45, 7) is 0. The predicted molar refractivity (Wildman–Crippen MR) is 80.5 cm³/mol. The van der Waals surface area contributed by atoms with Crippen LogP contribution >= 0.6 is 11.3 Å². The summed E-state index contributed by atoms with van der Waals surface area (Å²) in [6, 6.07) is 8.13. The van der Waals surface area contributed by atoms with Gasteiger partial charge in [0.1, 0.15) is 5.82 Å². The fourth-order valence-corrected chi connectivity index (χ4v) is 4.08. The number of anilines is 1. The standard InChI is InChI=1S/C15H15N3S/c16-14-13(9-5-1-4-8-12(9)19-14)15-17-10-6-2-3-7-11(10)18-15/h2-3,6-7H,1,4-5,8,16H2,(H,17,18). The van der Waals surface area contributed by atoms with Crippen LogP contribution in [-0.2, 0) is 12.8 Å². The Morgan fingerprint density at radius 2 is 2.00 bits per heavy atom. The molecular formula is C15H15N3S. The van der Waals surface area contributed by atoms with Crippen molar-refractivity contribution in [3.63, 3.8) is 0 Å². The molecule has 0 amide bonds. The summed E-state index contributed by atoms with van der Waals surface area (Å²) in [5, 5.41) is 0.908. The van der Waals surface area contributed by atoms with Gasteiger partial charge in [0.15, 0.2) is 0 Å². The zero-order chi connectivity index (χ0) is 12.8. The topological polar surface area (TPSA) is 54.7 Å². The molecule has 0 spiro atoms. The highest BCUT2D eigenvalue weighted by atomic mass is 32.1. The van der Waals surface area contributed by atoms with E-state index in [1.807, 2.05) is 18.2 Å². The summed E-state index contributed by atoms with van der Waals surface area (Å²) >= 11 is 1.74. The van der Waals surface area contributed by atoms with Crippen LogP contribution in [0.15, 0.2) is 24.3 Å². The van der Waals surface area contributed by atoms with E-state index in [2.05, 4.69) is 11.1 Å². The molecule has 0 fully saturated rings. The first-order valence-corrected chi connectivity index (χ1v) is 7.50. The number of aromatic amines is 1. The molecule has 0 aliphatic heterocycles. The third kappa shape index (κ3) is 1.67. The summed E-state index contributed by atoms with van der Waals surface area (Å²) in [7, 11) is 0. The van der Waals surface area contributed by atoms with Crippen molar-refractivity contribution in [2.45, 2.75) is 25.7 Å². The van der Waals surface area contributed by atoms with Gasteiger partial charge in [-0.1, -0.05) is 12.1 Å². The minimum absolute atomic E-state index is 0.908. The van der Waals surface area contributed by atoms with Gasteiger partial charge in [0.25, 0.3) is 0 Å². The number of nitrogens with one attached hydrogen (secondary N) is 1. The summed E-state index contributed by atoms with van der Waals surface area (Å²) < 4.78 is 0. The molecule has 4 heteroatoms. The first-order chi connectivity index (χ1) is 9.33. The average Bonchev–Trinajstić information content (AvgIpc) is 2.97. The number of imidazole rings is 1. The Morgan fingerprint density at radius 1 is 1.16 bits per heavy atom. The molecule has 3 N–H and O–H groups in total. The quantitative estimate of drug-likeness (QED) is 0.707. The maximum Gasteiger partial charge on any atom is 0.141 e. The lowest BCUT2D eigenvalue weighted by Crippen LogP contribution is -2.00. The predicted octanol–water partition coefficient (Wildman–Crippen LogP) is 3.75. The van der Waals surface area contributed by atoms with Crippen molar-refractivity contribution in [3.8, 4) is 11.4 Å². The molecule has 0 radical (unpaired) electrons. The van der Waals surface area contributed by atoms with Gasteiger partial charge in [0, 0.05) is 4.88 Å². The number of aryl methyl sites for hydroxylation is 1. The van der Waals surface area contributed by atoms with E-state index in [-0.39, 0.29) is 0 Å². The second-order valence-corrected chi connectivity index (χ2v) is 6.19. The lowest BCUT2D eigenvalue weighted by molar-refractivity contribution is 0.698. The zero-order valence-electron chi connectivity index (χ0n) is 10.6. The number of nitrogen functional groups attached to an aromatic ring is 1. The number of para-hydroxylation sites is 2. The van der Waals surface area contributed by atoms with Gasteiger partial charge < -0.3 is 10.7 Å². The van der Waals surface area contributed by atoms with Crippen LogP contribution < -0.4 is 5.73 Å². The minimum atomic E-state index is 0.908. The van der Waals surface area contributed by atoms with Crippen LogP contribution in [0.5, 0.6) is 0 Å². The van der Waals surface area contributed by atoms with Gasteiger partial charge in [-0.15, -0.1) is 11.3 Å². The molecule has 0 saturated carbocycles. The van der Waals surface area contributed by atoms with Crippen molar-refractivity contribution in [3.05, 3.63) is 34.7 Å². The van der Waals surface area contributed by atoms with E-state index in [4.69, 9.17) is 10.7 Å². The number of hydrogen-bond donors (Lipinski definition) is 2. The van der Waals surface area contributed by atoms with Crippen molar-refractivity contribution >= 4 is 27.4 Å². The van der Waals surface area contributed by atoms with E-state index < -0.39 is 0 Å². The molecule has 0 unspecified atom stereocenters. The molecule has 2 aromatic heterocycles. The Bertz CT molecular complexity index is 721. The first kappa shape index (κ1) is 11.1.